The largest absolute Gasteiger partial charge is 0.425 e. The number of aldehydes is 1. The third kappa shape index (κ3) is 3.45. The summed E-state index contributed by atoms with van der Waals surface area (Å²) >= 11 is 0. The first-order chi connectivity index (χ1) is 12.0. The molecule has 0 radical (unpaired) electrons. The van der Waals surface area contributed by atoms with Crippen LogP contribution in [-0.2, 0) is 9.59 Å². The van der Waals surface area contributed by atoms with Gasteiger partial charge in [0.05, 0.1) is 11.5 Å². The minimum Gasteiger partial charge on any atom is -0.425 e. The van der Waals surface area contributed by atoms with E-state index in [1.165, 1.54) is 0 Å². The van der Waals surface area contributed by atoms with Gasteiger partial charge in [-0.15, -0.1) is 0 Å². The van der Waals surface area contributed by atoms with Crippen LogP contribution in [0.25, 0.3) is 0 Å². The third-order valence-corrected chi connectivity index (χ3v) is 4.52. The van der Waals surface area contributed by atoms with Gasteiger partial charge in [-0.1, -0.05) is 18.2 Å². The Labute approximate surface area is 146 Å². The molecule has 25 heavy (non-hydrogen) atoms. The number of esters is 1. The maximum Gasteiger partial charge on any atom is 0.316 e. The predicted molar refractivity (Wildman–Crippen MR) is 93.8 cm³/mol. The number of carbonyl (C=O) groups is 3. The van der Waals surface area contributed by atoms with E-state index < -0.39 is 11.9 Å². The number of ether oxygens (including phenoxy) is 1. The van der Waals surface area contributed by atoms with Crippen LogP contribution in [0.2, 0.25) is 0 Å². The lowest BCUT2D eigenvalue weighted by molar-refractivity contribution is -0.139. The maximum atomic E-state index is 12.4. The molecule has 1 atom stereocenters. The van der Waals surface area contributed by atoms with Gasteiger partial charge in [0.15, 0.2) is 6.29 Å². The van der Waals surface area contributed by atoms with Crippen LogP contribution in [0.4, 0.5) is 5.69 Å². The fourth-order valence-electron chi connectivity index (χ4n) is 2.87. The smallest absolute Gasteiger partial charge is 0.316 e. The van der Waals surface area contributed by atoms with E-state index in [9.17, 15) is 14.4 Å². The summed E-state index contributed by atoms with van der Waals surface area (Å²) < 4.78 is 5.35. The van der Waals surface area contributed by atoms with Gasteiger partial charge < -0.3 is 9.64 Å². The van der Waals surface area contributed by atoms with Crippen LogP contribution in [0.15, 0.2) is 42.5 Å². The molecule has 1 fully saturated rings. The number of carbonyl (C=O) groups excluding carboxylic acids is 3. The van der Waals surface area contributed by atoms with Gasteiger partial charge in [0.1, 0.15) is 5.75 Å². The van der Waals surface area contributed by atoms with Crippen molar-refractivity contribution in [3.63, 3.8) is 0 Å². The molecule has 0 aliphatic carbocycles. The van der Waals surface area contributed by atoms with Crippen molar-refractivity contribution in [1.29, 1.82) is 0 Å². The quantitative estimate of drug-likeness (QED) is 0.489. The molecule has 0 spiro atoms. The minimum atomic E-state index is -0.547. The molecule has 0 aromatic heterocycles. The first-order valence-corrected chi connectivity index (χ1v) is 8.13. The van der Waals surface area contributed by atoms with Gasteiger partial charge in [0.2, 0.25) is 5.91 Å². The van der Waals surface area contributed by atoms with E-state index in [1.54, 1.807) is 29.2 Å². The lowest BCUT2D eigenvalue weighted by atomic mass is 10.1. The molecule has 1 aliphatic rings. The highest BCUT2D eigenvalue weighted by atomic mass is 16.5. The summed E-state index contributed by atoms with van der Waals surface area (Å²) in [4.78, 5) is 37.4. The highest BCUT2D eigenvalue weighted by Crippen LogP contribution is 2.28. The Kier molecular flexibility index (Phi) is 4.65. The zero-order chi connectivity index (χ0) is 18.0. The molecule has 128 valence electrons. The molecule has 2 aromatic carbocycles. The van der Waals surface area contributed by atoms with E-state index in [4.69, 9.17) is 4.74 Å². The van der Waals surface area contributed by atoms with Crippen LogP contribution in [0.3, 0.4) is 0 Å². The number of hydrogen-bond acceptors (Lipinski definition) is 4. The SMILES string of the molecule is Cc1ccc(N2C[C@H](C(=O)Oc3ccccc3C=O)CC2=O)cc1C. The molecule has 2 aromatic rings. The molecule has 5 nitrogen and oxygen atoms in total. The van der Waals surface area contributed by atoms with Gasteiger partial charge >= 0.3 is 5.97 Å². The van der Waals surface area contributed by atoms with Crippen LogP contribution in [0.1, 0.15) is 27.9 Å². The molecule has 1 heterocycles. The Morgan fingerprint density at radius 2 is 1.92 bits per heavy atom. The van der Waals surface area contributed by atoms with E-state index in [0.29, 0.717) is 11.8 Å². The average molecular weight is 337 g/mol. The summed E-state index contributed by atoms with van der Waals surface area (Å²) in [6.45, 7) is 4.28. The second kappa shape index (κ2) is 6.89. The molecule has 1 aliphatic heterocycles. The number of amides is 1. The number of aryl methyl sites for hydroxylation is 2. The van der Waals surface area contributed by atoms with Gasteiger partial charge in [-0.3, -0.25) is 14.4 Å². The standard InChI is InChI=1S/C20H19NO4/c1-13-7-8-17(9-14(13)2)21-11-16(10-19(21)23)20(24)25-18-6-4-3-5-15(18)12-22/h3-9,12,16H,10-11H2,1-2H3/t16-/m1/s1. The first-order valence-electron chi connectivity index (χ1n) is 8.13. The Hall–Kier alpha value is -2.95. The third-order valence-electron chi connectivity index (χ3n) is 4.52. The van der Waals surface area contributed by atoms with E-state index in [0.717, 1.165) is 16.8 Å². The van der Waals surface area contributed by atoms with E-state index in [1.807, 2.05) is 32.0 Å². The summed E-state index contributed by atoms with van der Waals surface area (Å²) in [6.07, 6.45) is 0.749. The maximum absolute atomic E-state index is 12.4. The Balaban J connectivity index is 1.74. The van der Waals surface area contributed by atoms with Crippen LogP contribution < -0.4 is 9.64 Å². The van der Waals surface area contributed by atoms with E-state index >= 15 is 0 Å². The second-order valence-corrected chi connectivity index (χ2v) is 6.25. The molecule has 0 N–H and O–H groups in total. The van der Waals surface area contributed by atoms with Gasteiger partial charge in [-0.2, -0.15) is 0 Å². The summed E-state index contributed by atoms with van der Waals surface area (Å²) in [5.41, 5.74) is 3.34. The number of benzene rings is 2. The fraction of sp³-hybridized carbons (Fsp3) is 0.250. The number of para-hydroxylation sites is 1. The molecule has 0 unspecified atom stereocenters. The van der Waals surface area contributed by atoms with Crippen molar-refractivity contribution in [3.8, 4) is 5.75 Å². The molecule has 5 heteroatoms. The van der Waals surface area contributed by atoms with Gasteiger partial charge in [-0.25, -0.2) is 0 Å². The zero-order valence-corrected chi connectivity index (χ0v) is 14.2. The van der Waals surface area contributed by atoms with Crippen molar-refractivity contribution in [1.82, 2.24) is 0 Å². The molecular formula is C20H19NO4. The number of anilines is 1. The zero-order valence-electron chi connectivity index (χ0n) is 14.2. The second-order valence-electron chi connectivity index (χ2n) is 6.25. The summed E-state index contributed by atoms with van der Waals surface area (Å²) in [5, 5.41) is 0. The average Bonchev–Trinajstić information content (AvgIpc) is 3.00. The highest BCUT2D eigenvalue weighted by Gasteiger charge is 2.36. The fourth-order valence-corrected chi connectivity index (χ4v) is 2.87. The van der Waals surface area contributed by atoms with Crippen LogP contribution >= 0.6 is 0 Å². The lowest BCUT2D eigenvalue weighted by Gasteiger charge is -2.18. The summed E-state index contributed by atoms with van der Waals surface area (Å²) in [5.74, 6) is -0.920. The van der Waals surface area contributed by atoms with Crippen molar-refractivity contribution >= 4 is 23.9 Å². The summed E-state index contributed by atoms with van der Waals surface area (Å²) in [7, 11) is 0. The van der Waals surface area contributed by atoms with Crippen molar-refractivity contribution in [3.05, 3.63) is 59.2 Å². The van der Waals surface area contributed by atoms with Crippen molar-refractivity contribution in [2.24, 2.45) is 5.92 Å². The topological polar surface area (TPSA) is 63.7 Å². The molecule has 1 saturated heterocycles. The van der Waals surface area contributed by atoms with E-state index in [-0.39, 0.29) is 24.6 Å². The van der Waals surface area contributed by atoms with Gasteiger partial charge in [-0.05, 0) is 49.2 Å². The van der Waals surface area contributed by atoms with Gasteiger partial charge in [0.25, 0.3) is 0 Å². The van der Waals surface area contributed by atoms with Crippen molar-refractivity contribution < 1.29 is 19.1 Å². The van der Waals surface area contributed by atoms with Gasteiger partial charge in [0, 0.05) is 18.7 Å². The number of nitrogens with zero attached hydrogens (tertiary/aromatic N) is 1. The monoisotopic (exact) mass is 337 g/mol. The van der Waals surface area contributed by atoms with Crippen molar-refractivity contribution in [2.75, 3.05) is 11.4 Å². The Morgan fingerprint density at radius 3 is 2.64 bits per heavy atom. The van der Waals surface area contributed by atoms with Crippen molar-refractivity contribution in [2.45, 2.75) is 20.3 Å². The number of hydrogen-bond donors (Lipinski definition) is 0. The Morgan fingerprint density at radius 1 is 1.16 bits per heavy atom. The minimum absolute atomic E-state index is 0.103. The van der Waals surface area contributed by atoms with Crippen LogP contribution in [-0.4, -0.2) is 24.7 Å². The molecule has 3 rings (SSSR count). The molecule has 0 saturated carbocycles. The predicted octanol–water partition coefficient (Wildman–Crippen LogP) is 3.07. The highest BCUT2D eigenvalue weighted by molar-refractivity contribution is 6.00. The number of rotatable bonds is 4. The van der Waals surface area contributed by atoms with Crippen LogP contribution in [0, 0.1) is 19.8 Å². The first kappa shape index (κ1) is 16.9. The molecule has 1 amide bonds. The molecule has 0 bridgehead atoms. The summed E-state index contributed by atoms with van der Waals surface area (Å²) in [6, 6.07) is 12.3. The lowest BCUT2D eigenvalue weighted by Crippen LogP contribution is -2.27. The Bertz CT molecular complexity index is 843. The van der Waals surface area contributed by atoms with E-state index in [2.05, 4.69) is 0 Å². The molecular weight excluding hydrogens is 318 g/mol. The normalized spacial score (nSPS) is 16.8. The van der Waals surface area contributed by atoms with Crippen LogP contribution in [0.5, 0.6) is 5.75 Å².